The number of ether oxygens (including phenoxy) is 2. The first-order chi connectivity index (χ1) is 9.97. The summed E-state index contributed by atoms with van der Waals surface area (Å²) in [6.45, 7) is 3.84. The van der Waals surface area contributed by atoms with E-state index in [0.717, 1.165) is 0 Å². The molecule has 0 saturated heterocycles. The minimum atomic E-state index is -0.923. The molecule has 1 aromatic carbocycles. The summed E-state index contributed by atoms with van der Waals surface area (Å²) < 4.78 is 10.4. The molecular weight excluding hydrogens is 276 g/mol. The number of benzene rings is 1. The zero-order valence-electron chi connectivity index (χ0n) is 11.9. The standard InChI is InChI=1S/C14H18N2O5/c1-8(2)10(13(17)18)6-15-14(19)16-9-3-4-11-12(5-9)21-7-20-11/h3-5,8,10H,6-7H2,1-2H3,(H,17,18)(H2,15,16,19). The fraction of sp³-hybridized carbons (Fsp3) is 0.429. The summed E-state index contributed by atoms with van der Waals surface area (Å²) in [6.07, 6.45) is 0. The molecule has 2 amide bonds. The van der Waals surface area contributed by atoms with Crippen LogP contribution >= 0.6 is 0 Å². The fourth-order valence-corrected chi connectivity index (χ4v) is 1.96. The number of fused-ring (bicyclic) bond motifs is 1. The smallest absolute Gasteiger partial charge is 0.319 e. The van der Waals surface area contributed by atoms with Gasteiger partial charge in [-0.3, -0.25) is 4.79 Å². The molecule has 1 aromatic rings. The molecule has 1 aliphatic heterocycles. The Morgan fingerprint density at radius 3 is 2.67 bits per heavy atom. The van der Waals surface area contributed by atoms with Crippen molar-refractivity contribution in [2.24, 2.45) is 11.8 Å². The van der Waals surface area contributed by atoms with Crippen LogP contribution in [-0.4, -0.2) is 30.4 Å². The Hall–Kier alpha value is -2.44. The number of carboxylic acid groups (broad SMARTS) is 1. The number of nitrogens with one attached hydrogen (secondary N) is 2. The molecule has 1 heterocycles. The Bertz CT molecular complexity index is 544. The summed E-state index contributed by atoms with van der Waals surface area (Å²) >= 11 is 0. The van der Waals surface area contributed by atoms with Gasteiger partial charge in [-0.1, -0.05) is 13.8 Å². The molecule has 1 atom stereocenters. The van der Waals surface area contributed by atoms with Crippen LogP contribution in [0.3, 0.4) is 0 Å². The molecule has 1 unspecified atom stereocenters. The van der Waals surface area contributed by atoms with Gasteiger partial charge in [0.05, 0.1) is 5.92 Å². The first-order valence-electron chi connectivity index (χ1n) is 6.64. The molecule has 1 aliphatic rings. The van der Waals surface area contributed by atoms with Gasteiger partial charge in [-0.25, -0.2) is 4.79 Å². The minimum Gasteiger partial charge on any atom is -0.481 e. The van der Waals surface area contributed by atoms with E-state index in [0.29, 0.717) is 17.2 Å². The van der Waals surface area contributed by atoms with Gasteiger partial charge < -0.3 is 25.2 Å². The molecular formula is C14H18N2O5. The highest BCUT2D eigenvalue weighted by Crippen LogP contribution is 2.34. The third-order valence-electron chi connectivity index (χ3n) is 3.23. The molecule has 114 valence electrons. The highest BCUT2D eigenvalue weighted by molar-refractivity contribution is 5.90. The number of urea groups is 1. The fourth-order valence-electron chi connectivity index (χ4n) is 1.96. The molecule has 0 aromatic heterocycles. The van der Waals surface area contributed by atoms with Gasteiger partial charge in [-0.2, -0.15) is 0 Å². The van der Waals surface area contributed by atoms with Crippen molar-refractivity contribution in [3.05, 3.63) is 18.2 Å². The maximum atomic E-state index is 11.8. The van der Waals surface area contributed by atoms with Crippen molar-refractivity contribution in [1.82, 2.24) is 5.32 Å². The lowest BCUT2D eigenvalue weighted by molar-refractivity contribution is -0.142. The minimum absolute atomic E-state index is 0.0617. The lowest BCUT2D eigenvalue weighted by atomic mass is 9.96. The molecule has 0 fully saturated rings. The summed E-state index contributed by atoms with van der Waals surface area (Å²) in [5.41, 5.74) is 0.549. The molecule has 3 N–H and O–H groups in total. The van der Waals surface area contributed by atoms with Crippen LogP contribution in [0.4, 0.5) is 10.5 Å². The van der Waals surface area contributed by atoms with Crippen LogP contribution in [0.25, 0.3) is 0 Å². The predicted molar refractivity (Wildman–Crippen MR) is 75.6 cm³/mol. The van der Waals surface area contributed by atoms with E-state index in [1.165, 1.54) is 0 Å². The van der Waals surface area contributed by atoms with E-state index in [2.05, 4.69) is 10.6 Å². The van der Waals surface area contributed by atoms with Gasteiger partial charge in [0.1, 0.15) is 0 Å². The number of amides is 2. The molecule has 0 spiro atoms. The normalized spacial score (nSPS) is 13.9. The number of carbonyl (C=O) groups excluding carboxylic acids is 1. The number of hydrogen-bond donors (Lipinski definition) is 3. The molecule has 21 heavy (non-hydrogen) atoms. The van der Waals surface area contributed by atoms with E-state index in [-0.39, 0.29) is 19.3 Å². The Labute approximate surface area is 122 Å². The predicted octanol–water partition coefficient (Wildman–Crippen LogP) is 1.89. The van der Waals surface area contributed by atoms with Gasteiger partial charge in [-0.05, 0) is 18.1 Å². The number of hydrogen-bond acceptors (Lipinski definition) is 4. The lowest BCUT2D eigenvalue weighted by Crippen LogP contribution is -2.37. The molecule has 0 aliphatic carbocycles. The third kappa shape index (κ3) is 3.77. The van der Waals surface area contributed by atoms with E-state index in [1.807, 2.05) is 0 Å². The van der Waals surface area contributed by atoms with Gasteiger partial charge in [0.25, 0.3) is 0 Å². The van der Waals surface area contributed by atoms with Gasteiger partial charge in [0.15, 0.2) is 11.5 Å². The molecule has 7 nitrogen and oxygen atoms in total. The molecule has 0 radical (unpaired) electrons. The van der Waals surface area contributed by atoms with Crippen LogP contribution in [0.5, 0.6) is 11.5 Å². The van der Waals surface area contributed by atoms with Crippen LogP contribution in [0.15, 0.2) is 18.2 Å². The van der Waals surface area contributed by atoms with Crippen molar-refractivity contribution in [3.8, 4) is 11.5 Å². The second-order valence-electron chi connectivity index (χ2n) is 5.09. The maximum absolute atomic E-state index is 11.8. The number of aliphatic carboxylic acids is 1. The summed E-state index contributed by atoms with van der Waals surface area (Å²) in [5, 5.41) is 14.2. The van der Waals surface area contributed by atoms with Gasteiger partial charge in [-0.15, -0.1) is 0 Å². The van der Waals surface area contributed by atoms with Gasteiger partial charge in [0, 0.05) is 18.3 Å². The highest BCUT2D eigenvalue weighted by Gasteiger charge is 2.22. The van der Waals surface area contributed by atoms with Crippen molar-refractivity contribution in [2.75, 3.05) is 18.7 Å². The Morgan fingerprint density at radius 1 is 1.29 bits per heavy atom. The zero-order valence-corrected chi connectivity index (χ0v) is 11.9. The van der Waals surface area contributed by atoms with E-state index in [9.17, 15) is 9.59 Å². The second-order valence-corrected chi connectivity index (χ2v) is 5.09. The topological polar surface area (TPSA) is 96.9 Å². The van der Waals surface area contributed by atoms with E-state index < -0.39 is 17.9 Å². The number of carbonyl (C=O) groups is 2. The lowest BCUT2D eigenvalue weighted by Gasteiger charge is -2.17. The van der Waals surface area contributed by atoms with Crippen LogP contribution in [0.1, 0.15) is 13.8 Å². The summed E-state index contributed by atoms with van der Waals surface area (Å²) in [4.78, 5) is 22.8. The van der Waals surface area contributed by atoms with Crippen molar-refractivity contribution in [3.63, 3.8) is 0 Å². The summed E-state index contributed by atoms with van der Waals surface area (Å²) in [7, 11) is 0. The average Bonchev–Trinajstić information content (AvgIpc) is 2.85. The molecule has 2 rings (SSSR count). The Balaban J connectivity index is 1.88. The Kier molecular flexibility index (Phi) is 4.52. The highest BCUT2D eigenvalue weighted by atomic mass is 16.7. The van der Waals surface area contributed by atoms with E-state index in [4.69, 9.17) is 14.6 Å². The largest absolute Gasteiger partial charge is 0.481 e. The number of carboxylic acids is 1. The first-order valence-corrected chi connectivity index (χ1v) is 6.64. The van der Waals surface area contributed by atoms with Gasteiger partial charge >= 0.3 is 12.0 Å². The van der Waals surface area contributed by atoms with Gasteiger partial charge in [0.2, 0.25) is 6.79 Å². The SMILES string of the molecule is CC(C)C(CNC(=O)Nc1ccc2c(c1)OCO2)C(=O)O. The van der Waals surface area contributed by atoms with Crippen LogP contribution in [0, 0.1) is 11.8 Å². The average molecular weight is 294 g/mol. The first kappa shape index (κ1) is 15.0. The third-order valence-corrected chi connectivity index (χ3v) is 3.23. The maximum Gasteiger partial charge on any atom is 0.319 e. The quantitative estimate of drug-likeness (QED) is 0.770. The molecule has 0 bridgehead atoms. The molecule has 0 saturated carbocycles. The van der Waals surface area contributed by atoms with Crippen molar-refractivity contribution in [2.45, 2.75) is 13.8 Å². The van der Waals surface area contributed by atoms with E-state index >= 15 is 0 Å². The second kappa shape index (κ2) is 6.34. The summed E-state index contributed by atoms with van der Waals surface area (Å²) in [6, 6.07) is 4.58. The van der Waals surface area contributed by atoms with Crippen LogP contribution in [-0.2, 0) is 4.79 Å². The number of rotatable bonds is 5. The van der Waals surface area contributed by atoms with Crippen LogP contribution in [0.2, 0.25) is 0 Å². The van der Waals surface area contributed by atoms with Crippen molar-refractivity contribution < 1.29 is 24.2 Å². The van der Waals surface area contributed by atoms with E-state index in [1.54, 1.807) is 32.0 Å². The zero-order chi connectivity index (χ0) is 15.4. The Morgan fingerprint density at radius 2 is 2.00 bits per heavy atom. The summed E-state index contributed by atoms with van der Waals surface area (Å²) in [5.74, 6) is -0.403. The molecule has 7 heteroatoms. The van der Waals surface area contributed by atoms with Crippen LogP contribution < -0.4 is 20.1 Å². The monoisotopic (exact) mass is 294 g/mol. The van der Waals surface area contributed by atoms with Crippen molar-refractivity contribution >= 4 is 17.7 Å². The number of anilines is 1. The van der Waals surface area contributed by atoms with Crippen molar-refractivity contribution in [1.29, 1.82) is 0 Å².